The zero-order chi connectivity index (χ0) is 12.5. The lowest BCUT2D eigenvalue weighted by molar-refractivity contribution is 0.0622. The van der Waals surface area contributed by atoms with Crippen molar-refractivity contribution in [3.8, 4) is 0 Å². The summed E-state index contributed by atoms with van der Waals surface area (Å²) < 4.78 is 0. The number of hydrogen-bond donors (Lipinski definition) is 1. The van der Waals surface area contributed by atoms with Crippen molar-refractivity contribution in [1.82, 2.24) is 9.80 Å². The van der Waals surface area contributed by atoms with E-state index in [9.17, 15) is 0 Å². The van der Waals surface area contributed by atoms with Crippen molar-refractivity contribution in [2.24, 2.45) is 5.73 Å². The maximum absolute atomic E-state index is 6.17. The maximum atomic E-state index is 6.17. The first-order valence-electron chi connectivity index (χ1n) is 7.30. The summed E-state index contributed by atoms with van der Waals surface area (Å²) >= 11 is 0. The van der Waals surface area contributed by atoms with Gasteiger partial charge in [0.1, 0.15) is 0 Å². The van der Waals surface area contributed by atoms with Gasteiger partial charge in [0.25, 0.3) is 0 Å². The Bertz CT molecular complexity index is 238. The van der Waals surface area contributed by atoms with E-state index in [-0.39, 0.29) is 5.54 Å². The maximum Gasteiger partial charge on any atom is 0.0475 e. The minimum atomic E-state index is 0.248. The van der Waals surface area contributed by atoms with Gasteiger partial charge < -0.3 is 10.6 Å². The Balaban J connectivity index is 2.14. The van der Waals surface area contributed by atoms with Crippen LogP contribution in [0.25, 0.3) is 0 Å². The van der Waals surface area contributed by atoms with Crippen LogP contribution in [0, 0.1) is 0 Å². The monoisotopic (exact) mass is 239 g/mol. The number of rotatable bonds is 4. The molecule has 2 unspecified atom stereocenters. The van der Waals surface area contributed by atoms with Gasteiger partial charge in [0, 0.05) is 30.7 Å². The SMILES string of the molecule is CCN(C1CCCC1)C1(CN)CC(C)N(C)C1. The molecular formula is C14H29N3. The standard InChI is InChI=1S/C14H29N3/c1-4-17(13-7-5-6-8-13)14(10-15)9-12(2)16(3)11-14/h12-13H,4-11,15H2,1-3H3. The minimum Gasteiger partial charge on any atom is -0.329 e. The predicted molar refractivity (Wildman–Crippen MR) is 73.1 cm³/mol. The van der Waals surface area contributed by atoms with E-state index in [0.29, 0.717) is 6.04 Å². The van der Waals surface area contributed by atoms with Gasteiger partial charge in [0.15, 0.2) is 0 Å². The van der Waals surface area contributed by atoms with Gasteiger partial charge in [-0.15, -0.1) is 0 Å². The first-order valence-corrected chi connectivity index (χ1v) is 7.30. The topological polar surface area (TPSA) is 32.5 Å². The average Bonchev–Trinajstić information content (AvgIpc) is 2.91. The van der Waals surface area contributed by atoms with Crippen LogP contribution in [0.4, 0.5) is 0 Å². The second-order valence-electron chi connectivity index (χ2n) is 6.12. The van der Waals surface area contributed by atoms with Gasteiger partial charge >= 0.3 is 0 Å². The molecule has 3 heteroatoms. The quantitative estimate of drug-likeness (QED) is 0.810. The molecule has 1 aliphatic carbocycles. The van der Waals surface area contributed by atoms with E-state index in [1.807, 2.05) is 0 Å². The summed E-state index contributed by atoms with van der Waals surface area (Å²) in [7, 11) is 2.24. The molecule has 1 heterocycles. The Morgan fingerprint density at radius 2 is 2.00 bits per heavy atom. The molecule has 0 bridgehead atoms. The van der Waals surface area contributed by atoms with Crippen LogP contribution in [0.15, 0.2) is 0 Å². The van der Waals surface area contributed by atoms with Crippen molar-refractivity contribution in [1.29, 1.82) is 0 Å². The predicted octanol–water partition coefficient (Wildman–Crippen LogP) is 1.67. The molecule has 0 aromatic rings. The van der Waals surface area contributed by atoms with E-state index in [1.54, 1.807) is 0 Å². The molecule has 1 saturated carbocycles. The summed E-state index contributed by atoms with van der Waals surface area (Å²) in [5.41, 5.74) is 6.42. The number of nitrogens with two attached hydrogens (primary N) is 1. The highest BCUT2D eigenvalue weighted by molar-refractivity contribution is 5.04. The fourth-order valence-electron chi connectivity index (χ4n) is 4.06. The van der Waals surface area contributed by atoms with Gasteiger partial charge in [-0.25, -0.2) is 0 Å². The van der Waals surface area contributed by atoms with E-state index in [2.05, 4.69) is 30.7 Å². The summed E-state index contributed by atoms with van der Waals surface area (Å²) in [5, 5.41) is 0. The molecule has 2 rings (SSSR count). The molecule has 2 N–H and O–H groups in total. The zero-order valence-electron chi connectivity index (χ0n) is 11.8. The van der Waals surface area contributed by atoms with Gasteiger partial charge in [-0.2, -0.15) is 0 Å². The van der Waals surface area contributed by atoms with Crippen LogP contribution in [0.2, 0.25) is 0 Å². The Hall–Kier alpha value is -0.120. The van der Waals surface area contributed by atoms with Gasteiger partial charge in [-0.3, -0.25) is 4.90 Å². The molecule has 1 aliphatic heterocycles. The van der Waals surface area contributed by atoms with Crippen LogP contribution in [0.5, 0.6) is 0 Å². The molecule has 0 radical (unpaired) electrons. The van der Waals surface area contributed by atoms with Crippen molar-refractivity contribution < 1.29 is 0 Å². The van der Waals surface area contributed by atoms with Crippen molar-refractivity contribution in [3.05, 3.63) is 0 Å². The molecule has 2 atom stereocenters. The molecule has 1 saturated heterocycles. The highest BCUT2D eigenvalue weighted by Crippen LogP contribution is 2.36. The first-order chi connectivity index (χ1) is 8.13. The molecule has 0 aromatic carbocycles. The number of likely N-dealkylation sites (N-methyl/N-ethyl adjacent to an activating group) is 2. The van der Waals surface area contributed by atoms with E-state index < -0.39 is 0 Å². The van der Waals surface area contributed by atoms with Gasteiger partial charge in [0.05, 0.1) is 0 Å². The zero-order valence-corrected chi connectivity index (χ0v) is 11.8. The molecule has 2 aliphatic rings. The lowest BCUT2D eigenvalue weighted by atomic mass is 9.91. The summed E-state index contributed by atoms with van der Waals surface area (Å²) in [5.74, 6) is 0. The van der Waals surface area contributed by atoms with E-state index in [4.69, 9.17) is 5.73 Å². The molecule has 2 fully saturated rings. The molecule has 0 aromatic heterocycles. The molecule has 17 heavy (non-hydrogen) atoms. The normalized spacial score (nSPS) is 36.2. The Morgan fingerprint density at radius 1 is 1.35 bits per heavy atom. The van der Waals surface area contributed by atoms with Crippen molar-refractivity contribution in [2.75, 3.05) is 26.7 Å². The molecular weight excluding hydrogens is 210 g/mol. The highest BCUT2D eigenvalue weighted by atomic mass is 15.3. The second-order valence-corrected chi connectivity index (χ2v) is 6.12. The third kappa shape index (κ3) is 2.38. The second kappa shape index (κ2) is 5.25. The Kier molecular flexibility index (Phi) is 4.11. The van der Waals surface area contributed by atoms with Crippen LogP contribution >= 0.6 is 0 Å². The van der Waals surface area contributed by atoms with Crippen LogP contribution in [-0.4, -0.2) is 54.1 Å². The average molecular weight is 239 g/mol. The Morgan fingerprint density at radius 3 is 2.41 bits per heavy atom. The summed E-state index contributed by atoms with van der Waals surface area (Å²) in [6, 6.07) is 1.47. The summed E-state index contributed by atoms with van der Waals surface area (Å²) in [4.78, 5) is 5.21. The van der Waals surface area contributed by atoms with E-state index in [0.717, 1.165) is 25.7 Å². The van der Waals surface area contributed by atoms with E-state index >= 15 is 0 Å². The van der Waals surface area contributed by atoms with Crippen molar-refractivity contribution in [2.45, 2.75) is 63.6 Å². The molecule has 3 nitrogen and oxygen atoms in total. The van der Waals surface area contributed by atoms with Crippen molar-refractivity contribution in [3.63, 3.8) is 0 Å². The minimum absolute atomic E-state index is 0.248. The van der Waals surface area contributed by atoms with Crippen LogP contribution in [0.3, 0.4) is 0 Å². The van der Waals surface area contributed by atoms with Gasteiger partial charge in [-0.1, -0.05) is 19.8 Å². The lowest BCUT2D eigenvalue weighted by Crippen LogP contribution is -2.58. The summed E-state index contributed by atoms with van der Waals surface area (Å²) in [6.45, 7) is 7.75. The third-order valence-corrected chi connectivity index (χ3v) is 5.07. The Labute approximate surface area is 106 Å². The number of likely N-dealkylation sites (tertiary alicyclic amines) is 1. The van der Waals surface area contributed by atoms with Crippen LogP contribution < -0.4 is 5.73 Å². The van der Waals surface area contributed by atoms with E-state index in [1.165, 1.54) is 32.1 Å². The van der Waals surface area contributed by atoms with Gasteiger partial charge in [0.2, 0.25) is 0 Å². The lowest BCUT2D eigenvalue weighted by Gasteiger charge is -2.44. The summed E-state index contributed by atoms with van der Waals surface area (Å²) in [6.07, 6.45) is 6.83. The van der Waals surface area contributed by atoms with Crippen LogP contribution in [0.1, 0.15) is 46.0 Å². The molecule has 0 amide bonds. The third-order valence-electron chi connectivity index (χ3n) is 5.07. The fourth-order valence-corrected chi connectivity index (χ4v) is 4.06. The largest absolute Gasteiger partial charge is 0.329 e. The van der Waals surface area contributed by atoms with Gasteiger partial charge in [-0.05, 0) is 39.8 Å². The molecule has 0 spiro atoms. The number of nitrogens with zero attached hydrogens (tertiary/aromatic N) is 2. The van der Waals surface area contributed by atoms with Crippen LogP contribution in [-0.2, 0) is 0 Å². The molecule has 100 valence electrons. The number of hydrogen-bond acceptors (Lipinski definition) is 3. The fraction of sp³-hybridized carbons (Fsp3) is 1.00. The van der Waals surface area contributed by atoms with Crippen molar-refractivity contribution >= 4 is 0 Å². The highest BCUT2D eigenvalue weighted by Gasteiger charge is 2.46. The smallest absolute Gasteiger partial charge is 0.0475 e. The first kappa shape index (κ1) is 13.3.